The second kappa shape index (κ2) is 6.16. The van der Waals surface area contributed by atoms with Gasteiger partial charge < -0.3 is 14.5 Å². The molecule has 0 bridgehead atoms. The van der Waals surface area contributed by atoms with E-state index in [1.807, 2.05) is 31.2 Å². The van der Waals surface area contributed by atoms with E-state index >= 15 is 0 Å². The molecule has 2 amide bonds. The molecular weight excluding hydrogens is 268 g/mol. The summed E-state index contributed by atoms with van der Waals surface area (Å²) in [5, 5.41) is 0. The number of amides is 2. The van der Waals surface area contributed by atoms with Crippen LogP contribution in [-0.2, 0) is 9.59 Å². The number of hydrogen-bond donors (Lipinski definition) is 0. The van der Waals surface area contributed by atoms with Crippen molar-refractivity contribution in [3.05, 3.63) is 29.8 Å². The Balaban J connectivity index is 1.98. The number of benzene rings is 1. The molecule has 114 valence electrons. The van der Waals surface area contributed by atoms with Gasteiger partial charge in [-0.1, -0.05) is 17.7 Å². The predicted molar refractivity (Wildman–Crippen MR) is 80.1 cm³/mol. The highest BCUT2D eigenvalue weighted by Crippen LogP contribution is 2.18. The topological polar surface area (TPSA) is 49.9 Å². The molecule has 2 atom stereocenters. The van der Waals surface area contributed by atoms with E-state index in [0.717, 1.165) is 5.56 Å². The van der Waals surface area contributed by atoms with Gasteiger partial charge in [-0.2, -0.15) is 0 Å². The molecule has 1 heterocycles. The molecule has 2 rings (SSSR count). The molecule has 0 unspecified atom stereocenters. The largest absolute Gasteiger partial charge is 0.481 e. The van der Waals surface area contributed by atoms with Crippen LogP contribution < -0.4 is 4.74 Å². The number of likely N-dealkylation sites (N-methyl/N-ethyl adjacent to an activating group) is 2. The van der Waals surface area contributed by atoms with Crippen LogP contribution in [0.15, 0.2) is 24.3 Å². The number of carbonyl (C=O) groups is 2. The van der Waals surface area contributed by atoms with E-state index in [1.54, 1.807) is 25.9 Å². The average molecular weight is 290 g/mol. The third kappa shape index (κ3) is 3.35. The van der Waals surface area contributed by atoms with Gasteiger partial charge in [0.05, 0.1) is 0 Å². The lowest BCUT2D eigenvalue weighted by molar-refractivity contribution is -0.144. The number of likely N-dealkylation sites (tertiary alicyclic amines) is 1. The van der Waals surface area contributed by atoms with Crippen LogP contribution in [0.1, 0.15) is 18.9 Å². The summed E-state index contributed by atoms with van der Waals surface area (Å²) in [5.74, 6) is 0.474. The smallest absolute Gasteiger partial charge is 0.263 e. The van der Waals surface area contributed by atoms with Gasteiger partial charge >= 0.3 is 0 Å². The molecule has 1 aromatic rings. The van der Waals surface area contributed by atoms with Crippen LogP contribution in [0.25, 0.3) is 0 Å². The van der Waals surface area contributed by atoms with Crippen molar-refractivity contribution in [2.24, 2.45) is 0 Å². The van der Waals surface area contributed by atoms with Crippen molar-refractivity contribution < 1.29 is 14.3 Å². The molecule has 21 heavy (non-hydrogen) atoms. The average Bonchev–Trinajstić information content (AvgIpc) is 2.80. The first-order chi connectivity index (χ1) is 9.90. The number of carbonyl (C=O) groups excluding carboxylic acids is 2. The Hall–Kier alpha value is -2.04. The number of aryl methyl sites for hydroxylation is 1. The van der Waals surface area contributed by atoms with Crippen LogP contribution in [0.3, 0.4) is 0 Å². The molecule has 1 aromatic carbocycles. The van der Waals surface area contributed by atoms with Crippen LogP contribution in [0.5, 0.6) is 5.75 Å². The molecule has 5 nitrogen and oxygen atoms in total. The number of nitrogens with zero attached hydrogens (tertiary/aromatic N) is 2. The monoisotopic (exact) mass is 290 g/mol. The van der Waals surface area contributed by atoms with Crippen molar-refractivity contribution in [3.63, 3.8) is 0 Å². The molecular formula is C16H22N2O3. The third-order valence-corrected chi connectivity index (χ3v) is 3.90. The lowest BCUT2D eigenvalue weighted by Crippen LogP contribution is -2.47. The van der Waals surface area contributed by atoms with E-state index in [4.69, 9.17) is 4.74 Å². The minimum atomic E-state index is -0.614. The fraction of sp³-hybridized carbons (Fsp3) is 0.500. The summed E-state index contributed by atoms with van der Waals surface area (Å²) in [6.07, 6.45) is 0.0610. The van der Waals surface area contributed by atoms with E-state index in [0.29, 0.717) is 18.7 Å². The Morgan fingerprint density at radius 1 is 1.38 bits per heavy atom. The maximum atomic E-state index is 12.4. The molecule has 0 aromatic heterocycles. The molecule has 0 saturated carbocycles. The summed E-state index contributed by atoms with van der Waals surface area (Å²) in [6.45, 7) is 4.39. The number of hydrogen-bond acceptors (Lipinski definition) is 3. The quantitative estimate of drug-likeness (QED) is 0.843. The van der Waals surface area contributed by atoms with E-state index in [-0.39, 0.29) is 17.9 Å². The summed E-state index contributed by atoms with van der Waals surface area (Å²) >= 11 is 0. The van der Waals surface area contributed by atoms with Crippen LogP contribution in [-0.4, -0.2) is 54.4 Å². The SMILES string of the molecule is Cc1ccc(O[C@H](C)C(=O)N(C)[C@H]2CCN(C)C2=O)cc1. The molecule has 0 N–H and O–H groups in total. The molecule has 0 spiro atoms. The lowest BCUT2D eigenvalue weighted by atomic mass is 10.2. The molecule has 1 aliphatic heterocycles. The molecule has 1 aliphatic rings. The Morgan fingerprint density at radius 2 is 2.00 bits per heavy atom. The Labute approximate surface area is 125 Å². The summed E-state index contributed by atoms with van der Waals surface area (Å²) in [6, 6.07) is 7.19. The highest BCUT2D eigenvalue weighted by Gasteiger charge is 2.36. The van der Waals surface area contributed by atoms with Crippen molar-refractivity contribution in [3.8, 4) is 5.75 Å². The van der Waals surface area contributed by atoms with Crippen LogP contribution in [0.2, 0.25) is 0 Å². The van der Waals surface area contributed by atoms with Gasteiger partial charge in [-0.15, -0.1) is 0 Å². The fourth-order valence-electron chi connectivity index (χ4n) is 2.48. The van der Waals surface area contributed by atoms with Crippen molar-refractivity contribution in [2.75, 3.05) is 20.6 Å². The van der Waals surface area contributed by atoms with Crippen LogP contribution >= 0.6 is 0 Å². The van der Waals surface area contributed by atoms with Crippen molar-refractivity contribution in [2.45, 2.75) is 32.4 Å². The Morgan fingerprint density at radius 3 is 2.52 bits per heavy atom. The minimum Gasteiger partial charge on any atom is -0.481 e. The van der Waals surface area contributed by atoms with E-state index in [2.05, 4.69) is 0 Å². The van der Waals surface area contributed by atoms with Gasteiger partial charge in [0.1, 0.15) is 11.8 Å². The first kappa shape index (κ1) is 15.4. The molecule has 5 heteroatoms. The van der Waals surface area contributed by atoms with Gasteiger partial charge in [0.2, 0.25) is 5.91 Å². The van der Waals surface area contributed by atoms with E-state index in [9.17, 15) is 9.59 Å². The number of rotatable bonds is 4. The van der Waals surface area contributed by atoms with Gasteiger partial charge in [0.15, 0.2) is 6.10 Å². The maximum Gasteiger partial charge on any atom is 0.263 e. The highest BCUT2D eigenvalue weighted by molar-refractivity contribution is 5.90. The summed E-state index contributed by atoms with van der Waals surface area (Å²) < 4.78 is 5.66. The summed E-state index contributed by atoms with van der Waals surface area (Å²) in [5.41, 5.74) is 1.14. The molecule has 1 saturated heterocycles. The lowest BCUT2D eigenvalue weighted by Gasteiger charge is -2.26. The third-order valence-electron chi connectivity index (χ3n) is 3.90. The summed E-state index contributed by atoms with van der Waals surface area (Å²) in [7, 11) is 3.42. The van der Waals surface area contributed by atoms with Crippen molar-refractivity contribution in [1.29, 1.82) is 0 Å². The Bertz CT molecular complexity index is 527. The van der Waals surface area contributed by atoms with Crippen LogP contribution in [0.4, 0.5) is 0 Å². The zero-order chi connectivity index (χ0) is 15.6. The first-order valence-corrected chi connectivity index (χ1v) is 7.15. The fourth-order valence-corrected chi connectivity index (χ4v) is 2.48. The van der Waals surface area contributed by atoms with Crippen molar-refractivity contribution in [1.82, 2.24) is 9.80 Å². The van der Waals surface area contributed by atoms with Gasteiger partial charge in [0, 0.05) is 20.6 Å². The zero-order valence-corrected chi connectivity index (χ0v) is 13.0. The highest BCUT2D eigenvalue weighted by atomic mass is 16.5. The maximum absolute atomic E-state index is 12.4. The normalized spacial score (nSPS) is 19.5. The Kier molecular flexibility index (Phi) is 4.50. The second-order valence-corrected chi connectivity index (χ2v) is 5.59. The van der Waals surface area contributed by atoms with Gasteiger partial charge in [-0.05, 0) is 32.4 Å². The van der Waals surface area contributed by atoms with Crippen LogP contribution in [0, 0.1) is 6.92 Å². The number of ether oxygens (including phenoxy) is 1. The summed E-state index contributed by atoms with van der Waals surface area (Å²) in [4.78, 5) is 27.5. The standard InChI is InChI=1S/C16H22N2O3/c1-11-5-7-13(8-6-11)21-12(2)15(19)18(4)14-9-10-17(3)16(14)20/h5-8,12,14H,9-10H2,1-4H3/t12-,14+/m1/s1. The second-order valence-electron chi connectivity index (χ2n) is 5.59. The molecule has 0 aliphatic carbocycles. The minimum absolute atomic E-state index is 0.00612. The predicted octanol–water partition coefficient (Wildman–Crippen LogP) is 1.45. The molecule has 0 radical (unpaired) electrons. The first-order valence-electron chi connectivity index (χ1n) is 7.15. The van der Waals surface area contributed by atoms with Gasteiger partial charge in [-0.25, -0.2) is 0 Å². The van der Waals surface area contributed by atoms with Gasteiger partial charge in [0.25, 0.3) is 5.91 Å². The van der Waals surface area contributed by atoms with Gasteiger partial charge in [-0.3, -0.25) is 9.59 Å². The van der Waals surface area contributed by atoms with Crippen molar-refractivity contribution >= 4 is 11.8 Å². The van der Waals surface area contributed by atoms with E-state index in [1.165, 1.54) is 4.90 Å². The zero-order valence-electron chi connectivity index (χ0n) is 13.0. The molecule has 1 fully saturated rings. The van der Waals surface area contributed by atoms with E-state index < -0.39 is 6.10 Å².